The van der Waals surface area contributed by atoms with E-state index in [1.807, 2.05) is 18.2 Å². The molecule has 1 aromatic heterocycles. The van der Waals surface area contributed by atoms with Crippen molar-refractivity contribution in [1.29, 1.82) is 0 Å². The van der Waals surface area contributed by atoms with Gasteiger partial charge in [-0.1, -0.05) is 30.3 Å². The van der Waals surface area contributed by atoms with Crippen molar-refractivity contribution in [3.63, 3.8) is 0 Å². The fourth-order valence-electron chi connectivity index (χ4n) is 3.51. The molecule has 0 bridgehead atoms. The Balaban J connectivity index is 1.74. The van der Waals surface area contributed by atoms with Crippen LogP contribution in [-0.4, -0.2) is 44.5 Å². The monoisotopic (exact) mass is 394 g/mol. The van der Waals surface area contributed by atoms with Crippen LogP contribution < -0.4 is 4.72 Å². The van der Waals surface area contributed by atoms with Gasteiger partial charge in [-0.15, -0.1) is 11.3 Å². The van der Waals surface area contributed by atoms with Gasteiger partial charge in [0.15, 0.2) is 0 Å². The molecule has 0 aliphatic carbocycles. The molecule has 1 aliphatic rings. The Morgan fingerprint density at radius 1 is 1.35 bits per heavy atom. The number of thiophene rings is 1. The minimum absolute atomic E-state index is 0.00469. The number of nitrogens with one attached hydrogen (secondary N) is 1. The number of aromatic carboxylic acids is 1. The van der Waals surface area contributed by atoms with E-state index in [0.717, 1.165) is 30.7 Å². The summed E-state index contributed by atoms with van der Waals surface area (Å²) in [5.74, 6) is -0.967. The maximum Gasteiger partial charge on any atom is 0.336 e. The molecule has 3 rings (SSSR count). The van der Waals surface area contributed by atoms with E-state index in [9.17, 15) is 13.2 Å². The summed E-state index contributed by atoms with van der Waals surface area (Å²) in [6.45, 7) is 1.31. The average Bonchev–Trinajstić information content (AvgIpc) is 3.12. The zero-order chi connectivity index (χ0) is 18.7. The Kier molecular flexibility index (Phi) is 5.76. The Morgan fingerprint density at radius 2 is 2.08 bits per heavy atom. The molecular formula is C18H22N2O4S2. The van der Waals surface area contributed by atoms with Crippen LogP contribution in [-0.2, 0) is 10.0 Å². The van der Waals surface area contributed by atoms with E-state index in [4.69, 9.17) is 5.11 Å². The second-order valence-corrected chi connectivity index (χ2v) is 9.45. The van der Waals surface area contributed by atoms with Crippen LogP contribution in [0.2, 0.25) is 0 Å². The lowest BCUT2D eigenvalue weighted by atomic mass is 9.85. The summed E-state index contributed by atoms with van der Waals surface area (Å²) in [6.07, 6.45) is 1.96. The molecule has 26 heavy (non-hydrogen) atoms. The minimum Gasteiger partial charge on any atom is -0.478 e. The van der Waals surface area contributed by atoms with E-state index in [-0.39, 0.29) is 21.7 Å². The Morgan fingerprint density at radius 3 is 2.73 bits per heavy atom. The maximum atomic E-state index is 12.5. The molecule has 2 atom stereocenters. The number of carbonyl (C=O) groups is 1. The summed E-state index contributed by atoms with van der Waals surface area (Å²) >= 11 is 0.927. The highest BCUT2D eigenvalue weighted by Gasteiger charge is 2.31. The first-order valence-electron chi connectivity index (χ1n) is 8.45. The molecule has 0 saturated carbocycles. The molecule has 2 heterocycles. The van der Waals surface area contributed by atoms with Gasteiger partial charge < -0.3 is 5.11 Å². The molecule has 0 amide bonds. The normalized spacial score (nSPS) is 21.6. The van der Waals surface area contributed by atoms with E-state index in [2.05, 4.69) is 28.8 Å². The maximum absolute atomic E-state index is 12.5. The Hall–Kier alpha value is -1.74. The van der Waals surface area contributed by atoms with Crippen LogP contribution in [0.15, 0.2) is 46.0 Å². The van der Waals surface area contributed by atoms with Crippen LogP contribution >= 0.6 is 11.3 Å². The molecule has 2 N–H and O–H groups in total. The van der Waals surface area contributed by atoms with Crippen molar-refractivity contribution in [2.45, 2.75) is 23.1 Å². The molecule has 140 valence electrons. The van der Waals surface area contributed by atoms with Gasteiger partial charge in [0.05, 0.1) is 5.56 Å². The fourth-order valence-corrected chi connectivity index (χ4v) is 5.80. The van der Waals surface area contributed by atoms with Gasteiger partial charge in [-0.2, -0.15) is 0 Å². The quantitative estimate of drug-likeness (QED) is 0.787. The number of rotatable bonds is 6. The van der Waals surface area contributed by atoms with Crippen molar-refractivity contribution >= 4 is 27.3 Å². The first-order chi connectivity index (χ1) is 12.4. The third kappa shape index (κ3) is 4.15. The van der Waals surface area contributed by atoms with Crippen molar-refractivity contribution < 1.29 is 18.3 Å². The first-order valence-corrected chi connectivity index (χ1v) is 10.8. The summed E-state index contributed by atoms with van der Waals surface area (Å²) in [5.41, 5.74) is 1.18. The highest BCUT2D eigenvalue weighted by molar-refractivity contribution is 7.91. The van der Waals surface area contributed by atoms with Gasteiger partial charge in [0.2, 0.25) is 10.0 Å². The van der Waals surface area contributed by atoms with Gasteiger partial charge in [0.25, 0.3) is 0 Å². The number of likely N-dealkylation sites (tertiary alicyclic amines) is 1. The predicted molar refractivity (Wildman–Crippen MR) is 101 cm³/mol. The summed E-state index contributed by atoms with van der Waals surface area (Å²) in [6, 6.07) is 11.5. The van der Waals surface area contributed by atoms with Crippen LogP contribution in [0.1, 0.15) is 34.8 Å². The fraction of sp³-hybridized carbons (Fsp3) is 0.389. The zero-order valence-electron chi connectivity index (χ0n) is 14.5. The summed E-state index contributed by atoms with van der Waals surface area (Å²) in [4.78, 5) is 13.2. The van der Waals surface area contributed by atoms with E-state index >= 15 is 0 Å². The third-order valence-electron chi connectivity index (χ3n) is 4.77. The van der Waals surface area contributed by atoms with Crippen LogP contribution in [0.25, 0.3) is 0 Å². The molecule has 6 nitrogen and oxygen atoms in total. The molecule has 1 aromatic carbocycles. The number of sulfonamides is 1. The molecule has 0 spiro atoms. The summed E-state index contributed by atoms with van der Waals surface area (Å²) < 4.78 is 27.8. The topological polar surface area (TPSA) is 86.7 Å². The van der Waals surface area contributed by atoms with Crippen LogP contribution in [0.4, 0.5) is 0 Å². The average molecular weight is 395 g/mol. The largest absolute Gasteiger partial charge is 0.478 e. The number of hydrogen-bond acceptors (Lipinski definition) is 5. The van der Waals surface area contributed by atoms with Crippen molar-refractivity contribution in [2.24, 2.45) is 5.92 Å². The third-order valence-corrected chi connectivity index (χ3v) is 7.63. The number of carboxylic acid groups (broad SMARTS) is 1. The zero-order valence-corrected chi connectivity index (χ0v) is 16.1. The van der Waals surface area contributed by atoms with Gasteiger partial charge in [0, 0.05) is 18.0 Å². The SMILES string of the molecule is CN1CCC[C@H](CNS(=O)(=O)c2cc(C(=O)O)cs2)[C@H]1c1ccccc1. The highest BCUT2D eigenvalue weighted by atomic mass is 32.2. The van der Waals surface area contributed by atoms with Crippen LogP contribution in [0.5, 0.6) is 0 Å². The molecule has 0 unspecified atom stereocenters. The van der Waals surface area contributed by atoms with E-state index in [0.29, 0.717) is 6.54 Å². The van der Waals surface area contributed by atoms with Gasteiger partial charge in [-0.3, -0.25) is 4.90 Å². The first kappa shape index (κ1) is 19.0. The molecule has 1 fully saturated rings. The molecular weight excluding hydrogens is 372 g/mol. The molecule has 1 saturated heterocycles. The number of benzene rings is 1. The van der Waals surface area contributed by atoms with Crippen molar-refractivity contribution in [2.75, 3.05) is 20.1 Å². The lowest BCUT2D eigenvalue weighted by molar-refractivity contribution is 0.0697. The summed E-state index contributed by atoms with van der Waals surface area (Å²) in [5, 5.41) is 10.3. The van der Waals surface area contributed by atoms with Gasteiger partial charge in [0.1, 0.15) is 4.21 Å². The van der Waals surface area contributed by atoms with E-state index in [1.54, 1.807) is 0 Å². The molecule has 2 aromatic rings. The van der Waals surface area contributed by atoms with Gasteiger partial charge in [-0.05, 0) is 44.0 Å². The lowest BCUT2D eigenvalue weighted by Crippen LogP contribution is -2.41. The number of piperidine rings is 1. The second kappa shape index (κ2) is 7.87. The molecule has 8 heteroatoms. The van der Waals surface area contributed by atoms with Crippen molar-refractivity contribution in [1.82, 2.24) is 9.62 Å². The van der Waals surface area contributed by atoms with Gasteiger partial charge in [-0.25, -0.2) is 17.9 Å². The van der Waals surface area contributed by atoms with E-state index in [1.165, 1.54) is 17.0 Å². The van der Waals surface area contributed by atoms with Gasteiger partial charge >= 0.3 is 5.97 Å². The summed E-state index contributed by atoms with van der Waals surface area (Å²) in [7, 11) is -1.64. The number of hydrogen-bond donors (Lipinski definition) is 2. The molecule has 0 radical (unpaired) electrons. The Labute approximate surface area is 157 Å². The number of carboxylic acids is 1. The standard InChI is InChI=1S/C18H22N2O4S2/c1-20-9-5-8-14(17(20)13-6-3-2-4-7-13)11-19-26(23,24)16-10-15(12-25-16)18(21)22/h2-4,6-7,10,12,14,17,19H,5,8-9,11H2,1H3,(H,21,22)/t14-,17-/m1/s1. The molecule has 1 aliphatic heterocycles. The van der Waals surface area contributed by atoms with E-state index < -0.39 is 16.0 Å². The van der Waals surface area contributed by atoms with Crippen molar-refractivity contribution in [3.05, 3.63) is 52.9 Å². The van der Waals surface area contributed by atoms with Crippen molar-refractivity contribution in [3.8, 4) is 0 Å². The highest BCUT2D eigenvalue weighted by Crippen LogP contribution is 2.34. The lowest BCUT2D eigenvalue weighted by Gasteiger charge is -2.39. The minimum atomic E-state index is -3.71. The second-order valence-electron chi connectivity index (χ2n) is 6.55. The number of nitrogens with zero attached hydrogens (tertiary/aromatic N) is 1. The smallest absolute Gasteiger partial charge is 0.336 e. The predicted octanol–water partition coefficient (Wildman–Crippen LogP) is 2.81. The Bertz CT molecular complexity index is 864. The van der Waals surface area contributed by atoms with Crippen LogP contribution in [0, 0.1) is 5.92 Å². The van der Waals surface area contributed by atoms with Crippen LogP contribution in [0.3, 0.4) is 0 Å².